The second-order valence-corrected chi connectivity index (χ2v) is 3.85. The average Bonchev–Trinajstić information content (AvgIpc) is 2.24. The fourth-order valence-electron chi connectivity index (χ4n) is 1.15. The molecule has 0 unspecified atom stereocenters. The van der Waals surface area contributed by atoms with E-state index in [1.165, 1.54) is 0 Å². The van der Waals surface area contributed by atoms with Gasteiger partial charge in [0.1, 0.15) is 5.82 Å². The molecule has 1 aromatic rings. The number of hydrogen-bond acceptors (Lipinski definition) is 2. The lowest BCUT2D eigenvalue weighted by atomic mass is 10.1. The Morgan fingerprint density at radius 2 is 2.33 bits per heavy atom. The van der Waals surface area contributed by atoms with Gasteiger partial charge in [0.2, 0.25) is 0 Å². The number of hydrogen-bond donors (Lipinski definition) is 1. The van der Waals surface area contributed by atoms with Crippen molar-refractivity contribution in [3.05, 3.63) is 53.2 Å². The Morgan fingerprint density at radius 3 is 2.93 bits per heavy atom. The first kappa shape index (κ1) is 11.7. The first-order chi connectivity index (χ1) is 7.19. The summed E-state index contributed by atoms with van der Waals surface area (Å²) < 4.78 is 0.903. The molecule has 0 aliphatic carbocycles. The van der Waals surface area contributed by atoms with Crippen LogP contribution in [0.3, 0.4) is 0 Å². The molecule has 1 rings (SSSR count). The molecule has 15 heavy (non-hydrogen) atoms. The smallest absolute Gasteiger partial charge is 0.131 e. The summed E-state index contributed by atoms with van der Waals surface area (Å²) >= 11 is 3.36. The third-order valence-electron chi connectivity index (χ3n) is 1.88. The van der Waals surface area contributed by atoms with Gasteiger partial charge in [-0.15, -0.1) is 0 Å². The molecular weight excluding hydrogens is 252 g/mol. The number of pyridine rings is 1. The minimum absolute atomic E-state index is 0.508. The van der Waals surface area contributed by atoms with Gasteiger partial charge in [0.15, 0.2) is 0 Å². The van der Waals surface area contributed by atoms with E-state index in [9.17, 15) is 0 Å². The number of nitrogen functional groups attached to an aromatic ring is 1. The van der Waals surface area contributed by atoms with E-state index >= 15 is 0 Å². The Balaban J connectivity index is 3.23. The maximum absolute atomic E-state index is 5.79. The minimum Gasteiger partial charge on any atom is -0.383 e. The highest BCUT2D eigenvalue weighted by molar-refractivity contribution is 9.10. The van der Waals surface area contributed by atoms with Crippen molar-refractivity contribution < 1.29 is 0 Å². The highest BCUT2D eigenvalue weighted by atomic mass is 79.9. The van der Waals surface area contributed by atoms with E-state index in [-0.39, 0.29) is 0 Å². The van der Waals surface area contributed by atoms with Crippen molar-refractivity contribution in [2.75, 3.05) is 5.73 Å². The normalized spacial score (nSPS) is 12.0. The van der Waals surface area contributed by atoms with Crippen LogP contribution < -0.4 is 5.73 Å². The second kappa shape index (κ2) is 5.51. The molecule has 0 amide bonds. The molecule has 0 aliphatic rings. The van der Waals surface area contributed by atoms with Gasteiger partial charge in [0.25, 0.3) is 0 Å². The van der Waals surface area contributed by atoms with Crippen molar-refractivity contribution in [2.24, 2.45) is 0 Å². The molecule has 0 radical (unpaired) electrons. The average molecular weight is 265 g/mol. The molecule has 3 heteroatoms. The highest BCUT2D eigenvalue weighted by Gasteiger charge is 2.03. The van der Waals surface area contributed by atoms with Crippen molar-refractivity contribution >= 4 is 27.3 Å². The number of allylic oxidation sites excluding steroid dienone is 5. The minimum atomic E-state index is 0.508. The van der Waals surface area contributed by atoms with Gasteiger partial charge in [-0.3, -0.25) is 0 Å². The number of anilines is 1. The molecule has 0 saturated heterocycles. The first-order valence-corrected chi connectivity index (χ1v) is 5.35. The lowest BCUT2D eigenvalue weighted by Gasteiger charge is -2.05. The van der Waals surface area contributed by atoms with Crippen molar-refractivity contribution in [3.63, 3.8) is 0 Å². The van der Waals surface area contributed by atoms with E-state index in [2.05, 4.69) is 27.5 Å². The van der Waals surface area contributed by atoms with E-state index in [0.29, 0.717) is 5.82 Å². The Hall–Kier alpha value is -1.35. The molecule has 0 aliphatic heterocycles. The molecule has 2 nitrogen and oxygen atoms in total. The summed E-state index contributed by atoms with van der Waals surface area (Å²) in [5, 5.41) is 0. The summed E-state index contributed by atoms with van der Waals surface area (Å²) in [5.41, 5.74) is 7.64. The quantitative estimate of drug-likeness (QED) is 0.848. The van der Waals surface area contributed by atoms with Crippen LogP contribution in [0, 0.1) is 0 Å². The van der Waals surface area contributed by atoms with Crippen molar-refractivity contribution in [2.45, 2.75) is 6.92 Å². The SMILES string of the molecule is C=C/C(=C\C=C/C)c1cc(Br)cnc1N. The van der Waals surface area contributed by atoms with Crippen LogP contribution in [0.1, 0.15) is 12.5 Å². The van der Waals surface area contributed by atoms with Gasteiger partial charge < -0.3 is 5.73 Å². The Morgan fingerprint density at radius 1 is 1.60 bits per heavy atom. The van der Waals surface area contributed by atoms with Crippen LogP contribution in [0.2, 0.25) is 0 Å². The topological polar surface area (TPSA) is 38.9 Å². The molecule has 1 aromatic heterocycles. The van der Waals surface area contributed by atoms with Crippen LogP contribution in [0.15, 0.2) is 47.6 Å². The number of nitrogens with two attached hydrogens (primary N) is 1. The summed E-state index contributed by atoms with van der Waals surface area (Å²) in [7, 11) is 0. The Labute approximate surface area is 98.3 Å². The van der Waals surface area contributed by atoms with Gasteiger partial charge in [-0.2, -0.15) is 0 Å². The number of nitrogens with zero attached hydrogens (tertiary/aromatic N) is 1. The molecule has 0 aromatic carbocycles. The molecule has 78 valence electrons. The van der Waals surface area contributed by atoms with E-state index in [0.717, 1.165) is 15.6 Å². The van der Waals surface area contributed by atoms with Crippen LogP contribution in [0.25, 0.3) is 5.57 Å². The molecular formula is C12H13BrN2. The van der Waals surface area contributed by atoms with Crippen LogP contribution >= 0.6 is 15.9 Å². The zero-order valence-corrected chi connectivity index (χ0v) is 10.2. The maximum Gasteiger partial charge on any atom is 0.131 e. The van der Waals surface area contributed by atoms with Gasteiger partial charge in [-0.1, -0.05) is 30.9 Å². The molecule has 1 heterocycles. The zero-order valence-electron chi connectivity index (χ0n) is 8.57. The van der Waals surface area contributed by atoms with Crippen molar-refractivity contribution in [1.82, 2.24) is 4.98 Å². The van der Waals surface area contributed by atoms with Gasteiger partial charge in [-0.25, -0.2) is 4.98 Å². The van der Waals surface area contributed by atoms with Gasteiger partial charge in [0.05, 0.1) is 0 Å². The maximum atomic E-state index is 5.79. The van der Waals surface area contributed by atoms with E-state index in [1.54, 1.807) is 12.3 Å². The van der Waals surface area contributed by atoms with Crippen molar-refractivity contribution in [3.8, 4) is 0 Å². The van der Waals surface area contributed by atoms with E-state index in [4.69, 9.17) is 5.73 Å². The predicted octanol–water partition coefficient (Wildman–Crippen LogP) is 3.57. The second-order valence-electron chi connectivity index (χ2n) is 2.94. The zero-order chi connectivity index (χ0) is 11.3. The monoisotopic (exact) mass is 264 g/mol. The van der Waals surface area contributed by atoms with E-state index < -0.39 is 0 Å². The van der Waals surface area contributed by atoms with Gasteiger partial charge in [-0.05, 0) is 34.5 Å². The fraction of sp³-hybridized carbons (Fsp3) is 0.0833. The third kappa shape index (κ3) is 3.06. The lowest BCUT2D eigenvalue weighted by Crippen LogP contribution is -1.95. The molecule has 2 N–H and O–H groups in total. The summed E-state index contributed by atoms with van der Waals surface area (Å²) in [4.78, 5) is 4.07. The predicted molar refractivity (Wildman–Crippen MR) is 69.3 cm³/mol. The molecule has 0 bridgehead atoms. The molecule has 0 atom stereocenters. The van der Waals surface area contributed by atoms with E-state index in [1.807, 2.05) is 31.2 Å². The largest absolute Gasteiger partial charge is 0.383 e. The highest BCUT2D eigenvalue weighted by Crippen LogP contribution is 2.24. The Bertz CT molecular complexity index is 420. The van der Waals surface area contributed by atoms with Crippen LogP contribution in [-0.2, 0) is 0 Å². The summed E-state index contributed by atoms with van der Waals surface area (Å²) in [6, 6.07) is 1.93. The first-order valence-electron chi connectivity index (χ1n) is 4.56. The summed E-state index contributed by atoms with van der Waals surface area (Å²) in [6.07, 6.45) is 9.28. The van der Waals surface area contributed by atoms with Crippen LogP contribution in [0.5, 0.6) is 0 Å². The van der Waals surface area contributed by atoms with Crippen LogP contribution in [-0.4, -0.2) is 4.98 Å². The third-order valence-corrected chi connectivity index (χ3v) is 2.32. The van der Waals surface area contributed by atoms with Crippen LogP contribution in [0.4, 0.5) is 5.82 Å². The van der Waals surface area contributed by atoms with Gasteiger partial charge in [0, 0.05) is 16.2 Å². The van der Waals surface area contributed by atoms with Crippen molar-refractivity contribution in [1.29, 1.82) is 0 Å². The number of aromatic nitrogens is 1. The Kier molecular flexibility index (Phi) is 4.31. The fourth-order valence-corrected chi connectivity index (χ4v) is 1.48. The molecule has 0 saturated carbocycles. The summed E-state index contributed by atoms with van der Waals surface area (Å²) in [6.45, 7) is 5.72. The standard InChI is InChI=1S/C12H13BrN2/c1-3-5-6-9(4-2)11-7-10(13)8-15-12(11)14/h3-8H,2H2,1H3,(H2,14,15)/b5-3-,9-6+. The molecule has 0 fully saturated rings. The number of halogens is 1. The molecule has 0 spiro atoms. The summed E-state index contributed by atoms with van der Waals surface area (Å²) in [5.74, 6) is 0.508. The number of rotatable bonds is 3. The lowest BCUT2D eigenvalue weighted by molar-refractivity contribution is 1.30. The van der Waals surface area contributed by atoms with Gasteiger partial charge >= 0.3 is 0 Å².